The highest BCUT2D eigenvalue weighted by molar-refractivity contribution is 6.04. The van der Waals surface area contributed by atoms with Gasteiger partial charge in [0, 0.05) is 5.39 Å². The fourth-order valence-electron chi connectivity index (χ4n) is 1.86. The predicted molar refractivity (Wildman–Crippen MR) is 72.5 cm³/mol. The summed E-state index contributed by atoms with van der Waals surface area (Å²) >= 11 is 0. The Morgan fingerprint density at radius 1 is 1.32 bits per heavy atom. The van der Waals surface area contributed by atoms with Crippen molar-refractivity contribution in [2.45, 2.75) is 13.3 Å². The zero-order valence-corrected chi connectivity index (χ0v) is 10.4. The number of rotatable bonds is 3. The number of nitriles is 1. The zero-order chi connectivity index (χ0) is 13.8. The van der Waals surface area contributed by atoms with Crippen molar-refractivity contribution in [1.82, 2.24) is 0 Å². The Morgan fingerprint density at radius 3 is 2.74 bits per heavy atom. The van der Waals surface area contributed by atoms with E-state index in [4.69, 9.17) is 15.4 Å². The van der Waals surface area contributed by atoms with Crippen molar-refractivity contribution in [3.8, 4) is 11.8 Å². The molecule has 4 nitrogen and oxygen atoms in total. The van der Waals surface area contributed by atoms with E-state index < -0.39 is 0 Å². The van der Waals surface area contributed by atoms with E-state index >= 15 is 0 Å². The molecule has 4 heteroatoms. The minimum absolute atomic E-state index is 0.124. The number of carbonyl (C=O) groups is 1. The van der Waals surface area contributed by atoms with Crippen molar-refractivity contribution in [3.63, 3.8) is 0 Å². The molecule has 0 heterocycles. The van der Waals surface area contributed by atoms with E-state index in [1.807, 2.05) is 36.4 Å². The molecule has 2 rings (SSSR count). The Balaban J connectivity index is 2.59. The molecule has 2 aromatic rings. The minimum Gasteiger partial charge on any atom is -0.441 e. The summed E-state index contributed by atoms with van der Waals surface area (Å²) in [5.41, 5.74) is 0.418. The standard InChI is InChI=1S/C15H12N2O2/c1-10(18)12-7-6-11-4-2-3-5-13(11)15(12)19-14(17)8-9-16/h2-7,17H,8H2,1H3. The molecule has 0 saturated heterocycles. The molecule has 0 bridgehead atoms. The van der Waals surface area contributed by atoms with Crippen LogP contribution < -0.4 is 4.74 Å². The third-order valence-corrected chi connectivity index (χ3v) is 2.72. The lowest BCUT2D eigenvalue weighted by Crippen LogP contribution is -2.09. The van der Waals surface area contributed by atoms with E-state index in [9.17, 15) is 4.79 Å². The van der Waals surface area contributed by atoms with Crippen molar-refractivity contribution in [2.24, 2.45) is 0 Å². The van der Waals surface area contributed by atoms with Crippen molar-refractivity contribution in [3.05, 3.63) is 42.0 Å². The minimum atomic E-state index is -0.165. The molecule has 0 aliphatic rings. The smallest absolute Gasteiger partial charge is 0.201 e. The van der Waals surface area contributed by atoms with E-state index in [-0.39, 0.29) is 18.1 Å². The summed E-state index contributed by atoms with van der Waals surface area (Å²) in [5, 5.41) is 17.8. The van der Waals surface area contributed by atoms with Gasteiger partial charge >= 0.3 is 0 Å². The van der Waals surface area contributed by atoms with Crippen LogP contribution in [0.15, 0.2) is 36.4 Å². The van der Waals surface area contributed by atoms with Gasteiger partial charge in [0.05, 0.1) is 11.6 Å². The first-order valence-corrected chi connectivity index (χ1v) is 5.78. The molecule has 1 N–H and O–H groups in total. The van der Waals surface area contributed by atoms with E-state index in [2.05, 4.69) is 0 Å². The van der Waals surface area contributed by atoms with Crippen LogP contribution in [-0.4, -0.2) is 11.7 Å². The van der Waals surface area contributed by atoms with Gasteiger partial charge < -0.3 is 4.74 Å². The van der Waals surface area contributed by atoms with E-state index in [1.54, 1.807) is 6.07 Å². The average Bonchev–Trinajstić information content (AvgIpc) is 2.39. The number of hydrogen-bond acceptors (Lipinski definition) is 4. The summed E-state index contributed by atoms with van der Waals surface area (Å²) in [5.74, 6) is 0.0534. The maximum absolute atomic E-state index is 11.6. The van der Waals surface area contributed by atoms with Gasteiger partial charge in [0.25, 0.3) is 0 Å². The Hall–Kier alpha value is -2.67. The molecule has 0 fully saturated rings. The first kappa shape index (κ1) is 12.8. The van der Waals surface area contributed by atoms with E-state index in [0.29, 0.717) is 11.3 Å². The van der Waals surface area contributed by atoms with Gasteiger partial charge in [0.1, 0.15) is 12.2 Å². The number of Topliss-reactive ketones (excluding diaryl/α,β-unsaturated/α-hetero) is 1. The second-order valence-electron chi connectivity index (χ2n) is 4.08. The fraction of sp³-hybridized carbons (Fsp3) is 0.133. The Morgan fingerprint density at radius 2 is 2.05 bits per heavy atom. The second-order valence-corrected chi connectivity index (χ2v) is 4.08. The molecule has 2 aromatic carbocycles. The molecule has 0 saturated carbocycles. The molecule has 94 valence electrons. The van der Waals surface area contributed by atoms with Gasteiger partial charge in [-0.25, -0.2) is 0 Å². The van der Waals surface area contributed by atoms with Crippen LogP contribution in [0.3, 0.4) is 0 Å². The van der Waals surface area contributed by atoms with Crippen molar-refractivity contribution in [1.29, 1.82) is 10.7 Å². The van der Waals surface area contributed by atoms with Gasteiger partial charge in [0.15, 0.2) is 5.78 Å². The van der Waals surface area contributed by atoms with Gasteiger partial charge in [-0.15, -0.1) is 0 Å². The number of hydrogen-bond donors (Lipinski definition) is 1. The number of nitrogens with zero attached hydrogens (tertiary/aromatic N) is 1. The fourth-order valence-corrected chi connectivity index (χ4v) is 1.86. The maximum Gasteiger partial charge on any atom is 0.201 e. The predicted octanol–water partition coefficient (Wildman–Crippen LogP) is 3.31. The van der Waals surface area contributed by atoms with Gasteiger partial charge in [-0.3, -0.25) is 10.2 Å². The topological polar surface area (TPSA) is 73.9 Å². The Bertz CT molecular complexity index is 699. The van der Waals surface area contributed by atoms with Crippen LogP contribution in [0.4, 0.5) is 0 Å². The van der Waals surface area contributed by atoms with Crippen LogP contribution in [-0.2, 0) is 0 Å². The summed E-state index contributed by atoms with van der Waals surface area (Å²) in [6.07, 6.45) is -0.124. The zero-order valence-electron chi connectivity index (χ0n) is 10.4. The largest absolute Gasteiger partial charge is 0.441 e. The summed E-state index contributed by atoms with van der Waals surface area (Å²) in [7, 11) is 0. The molecule has 0 atom stereocenters. The van der Waals surface area contributed by atoms with Crippen molar-refractivity contribution >= 4 is 22.5 Å². The molecule has 0 aliphatic carbocycles. The van der Waals surface area contributed by atoms with Crippen LogP contribution in [0.1, 0.15) is 23.7 Å². The molecule has 0 aromatic heterocycles. The Labute approximate surface area is 110 Å². The summed E-state index contributed by atoms with van der Waals surface area (Å²) in [6.45, 7) is 1.45. The SMILES string of the molecule is CC(=O)c1ccc2ccccc2c1OC(=N)CC#N. The van der Waals surface area contributed by atoms with Crippen molar-refractivity contribution in [2.75, 3.05) is 0 Å². The summed E-state index contributed by atoms with van der Waals surface area (Å²) < 4.78 is 5.40. The van der Waals surface area contributed by atoms with Gasteiger partial charge in [-0.05, 0) is 18.4 Å². The van der Waals surface area contributed by atoms with E-state index in [1.165, 1.54) is 6.92 Å². The maximum atomic E-state index is 11.6. The lowest BCUT2D eigenvalue weighted by Gasteiger charge is -2.12. The number of nitrogens with one attached hydrogen (secondary N) is 1. The quantitative estimate of drug-likeness (QED) is 0.517. The molecular formula is C15H12N2O2. The number of fused-ring (bicyclic) bond motifs is 1. The summed E-state index contributed by atoms with van der Waals surface area (Å²) in [4.78, 5) is 11.6. The summed E-state index contributed by atoms with van der Waals surface area (Å²) in [6, 6.07) is 12.8. The highest BCUT2D eigenvalue weighted by Gasteiger charge is 2.14. The highest BCUT2D eigenvalue weighted by atomic mass is 16.5. The molecule has 0 amide bonds. The number of carbonyl (C=O) groups excluding carboxylic acids is 1. The van der Waals surface area contributed by atoms with Crippen molar-refractivity contribution < 1.29 is 9.53 Å². The Kier molecular flexibility index (Phi) is 3.58. The average molecular weight is 252 g/mol. The molecule has 0 spiro atoms. The van der Waals surface area contributed by atoms with Gasteiger partial charge in [-0.2, -0.15) is 5.26 Å². The number of benzene rings is 2. The molecule has 0 unspecified atom stereocenters. The normalized spacial score (nSPS) is 9.89. The monoisotopic (exact) mass is 252 g/mol. The second kappa shape index (κ2) is 5.32. The first-order chi connectivity index (χ1) is 9.13. The third-order valence-electron chi connectivity index (χ3n) is 2.72. The molecule has 0 aliphatic heterocycles. The van der Waals surface area contributed by atoms with Crippen LogP contribution in [0.5, 0.6) is 5.75 Å². The third kappa shape index (κ3) is 2.61. The number of ketones is 1. The van der Waals surface area contributed by atoms with Crippen LogP contribution >= 0.6 is 0 Å². The molecular weight excluding hydrogens is 240 g/mol. The van der Waals surface area contributed by atoms with Gasteiger partial charge in [-0.1, -0.05) is 30.3 Å². The first-order valence-electron chi connectivity index (χ1n) is 5.78. The van der Waals surface area contributed by atoms with Crippen LogP contribution in [0, 0.1) is 16.7 Å². The molecule has 19 heavy (non-hydrogen) atoms. The van der Waals surface area contributed by atoms with Gasteiger partial charge in [0.2, 0.25) is 5.90 Å². The number of ether oxygens (including phenoxy) is 1. The lowest BCUT2D eigenvalue weighted by atomic mass is 10.0. The lowest BCUT2D eigenvalue weighted by molar-refractivity contribution is 0.101. The molecule has 0 radical (unpaired) electrons. The van der Waals surface area contributed by atoms with Crippen LogP contribution in [0.2, 0.25) is 0 Å². The van der Waals surface area contributed by atoms with E-state index in [0.717, 1.165) is 10.8 Å². The highest BCUT2D eigenvalue weighted by Crippen LogP contribution is 2.30. The van der Waals surface area contributed by atoms with Crippen LogP contribution in [0.25, 0.3) is 10.8 Å².